The summed E-state index contributed by atoms with van der Waals surface area (Å²) in [4.78, 5) is 21.8. The number of anilines is 1. The summed E-state index contributed by atoms with van der Waals surface area (Å²) in [5.74, 6) is 2.01. The third-order valence-corrected chi connectivity index (χ3v) is 4.98. The molecule has 7 heteroatoms. The average Bonchev–Trinajstić information content (AvgIpc) is 3.14. The summed E-state index contributed by atoms with van der Waals surface area (Å²) >= 11 is 0. The Balaban J connectivity index is 1.55. The highest BCUT2D eigenvalue weighted by molar-refractivity contribution is 6.09. The molecular weight excluding hydrogens is 364 g/mol. The second-order valence-electron chi connectivity index (χ2n) is 7.10. The van der Waals surface area contributed by atoms with Crippen molar-refractivity contribution in [3.63, 3.8) is 0 Å². The lowest BCUT2D eigenvalue weighted by Crippen LogP contribution is -2.36. The van der Waals surface area contributed by atoms with Gasteiger partial charge in [0.15, 0.2) is 17.6 Å². The summed E-state index contributed by atoms with van der Waals surface area (Å²) in [6.07, 6.45) is 1.03. The van der Waals surface area contributed by atoms with Crippen molar-refractivity contribution in [3.05, 3.63) is 77.1 Å². The molecule has 29 heavy (non-hydrogen) atoms. The van der Waals surface area contributed by atoms with Crippen molar-refractivity contribution in [3.8, 4) is 0 Å². The number of aromatic nitrogens is 3. The van der Waals surface area contributed by atoms with E-state index in [4.69, 9.17) is 0 Å². The number of carbonyl (C=O) groups is 1. The molecule has 2 heterocycles. The highest BCUT2D eigenvalue weighted by Gasteiger charge is 2.19. The van der Waals surface area contributed by atoms with Gasteiger partial charge in [-0.15, -0.1) is 0 Å². The van der Waals surface area contributed by atoms with Crippen LogP contribution in [0.3, 0.4) is 0 Å². The zero-order valence-electron chi connectivity index (χ0n) is 16.6. The van der Waals surface area contributed by atoms with Crippen LogP contribution >= 0.6 is 0 Å². The maximum atomic E-state index is 12.8. The fourth-order valence-electron chi connectivity index (χ4n) is 3.27. The van der Waals surface area contributed by atoms with Gasteiger partial charge < -0.3 is 5.32 Å². The minimum absolute atomic E-state index is 0.0115. The summed E-state index contributed by atoms with van der Waals surface area (Å²) in [5, 5.41) is 11.0. The molecule has 1 unspecified atom stereocenters. The van der Waals surface area contributed by atoms with Gasteiger partial charge in [-0.1, -0.05) is 55.5 Å². The Kier molecular flexibility index (Phi) is 5.37. The average molecular weight is 388 g/mol. The zero-order chi connectivity index (χ0) is 20.2. The van der Waals surface area contributed by atoms with Crippen molar-refractivity contribution >= 4 is 17.7 Å². The first-order chi connectivity index (χ1) is 14.1. The number of guanidine groups is 1. The van der Waals surface area contributed by atoms with Gasteiger partial charge >= 0.3 is 0 Å². The first-order valence-corrected chi connectivity index (χ1v) is 9.78. The van der Waals surface area contributed by atoms with Crippen LogP contribution in [-0.4, -0.2) is 39.6 Å². The molecule has 4 rings (SSSR count). The lowest BCUT2D eigenvalue weighted by molar-refractivity contribution is 0.103. The first kappa shape index (κ1) is 18.9. The van der Waals surface area contributed by atoms with Crippen LogP contribution in [-0.2, 0) is 7.05 Å². The monoisotopic (exact) mass is 388 g/mol. The van der Waals surface area contributed by atoms with Crippen molar-refractivity contribution in [2.75, 3.05) is 18.4 Å². The maximum Gasteiger partial charge on any atom is 0.227 e. The van der Waals surface area contributed by atoms with Gasteiger partial charge in [0.05, 0.1) is 0 Å². The molecule has 0 amide bonds. The SMILES string of the molecule is CC(c1cccc(C(=O)c2ccccc2)c1)c1nc(NC2=NCCCN2)n(C)n1. The second-order valence-corrected chi connectivity index (χ2v) is 7.10. The Bertz CT molecular complexity index is 1040. The summed E-state index contributed by atoms with van der Waals surface area (Å²) in [6.45, 7) is 3.75. The van der Waals surface area contributed by atoms with E-state index in [0.717, 1.165) is 31.0 Å². The van der Waals surface area contributed by atoms with Crippen LogP contribution in [0.1, 0.15) is 46.6 Å². The van der Waals surface area contributed by atoms with Gasteiger partial charge in [-0.25, -0.2) is 4.68 Å². The molecule has 0 saturated carbocycles. The molecule has 0 fully saturated rings. The van der Waals surface area contributed by atoms with Gasteiger partial charge in [-0.3, -0.25) is 15.1 Å². The third-order valence-electron chi connectivity index (χ3n) is 4.98. The molecule has 2 N–H and O–H groups in total. The van der Waals surface area contributed by atoms with Gasteiger partial charge in [0.1, 0.15) is 0 Å². The third kappa shape index (κ3) is 4.18. The minimum Gasteiger partial charge on any atom is -0.356 e. The summed E-state index contributed by atoms with van der Waals surface area (Å²) in [5.41, 5.74) is 2.34. The smallest absolute Gasteiger partial charge is 0.227 e. The van der Waals surface area contributed by atoms with E-state index in [9.17, 15) is 4.79 Å². The molecule has 7 nitrogen and oxygen atoms in total. The molecule has 148 valence electrons. The van der Waals surface area contributed by atoms with E-state index in [-0.39, 0.29) is 11.7 Å². The van der Waals surface area contributed by atoms with E-state index >= 15 is 0 Å². The van der Waals surface area contributed by atoms with Crippen LogP contribution < -0.4 is 10.6 Å². The van der Waals surface area contributed by atoms with Crippen LogP contribution in [0.15, 0.2) is 59.6 Å². The van der Waals surface area contributed by atoms with E-state index in [1.165, 1.54) is 0 Å². The zero-order valence-corrected chi connectivity index (χ0v) is 16.6. The quantitative estimate of drug-likeness (QED) is 0.657. The number of aliphatic imine (C=N–C) groups is 1. The number of carbonyl (C=O) groups excluding carboxylic acids is 1. The van der Waals surface area contributed by atoms with Crippen molar-refractivity contribution in [1.29, 1.82) is 0 Å². The topological polar surface area (TPSA) is 84.2 Å². The van der Waals surface area contributed by atoms with Crippen molar-refractivity contribution in [2.24, 2.45) is 12.0 Å². The van der Waals surface area contributed by atoms with Crippen molar-refractivity contribution < 1.29 is 4.79 Å². The van der Waals surface area contributed by atoms with Gasteiger partial charge in [-0.05, 0) is 18.1 Å². The van der Waals surface area contributed by atoms with E-state index in [2.05, 4.69) is 25.7 Å². The van der Waals surface area contributed by atoms with Gasteiger partial charge in [0, 0.05) is 37.2 Å². The molecule has 2 aromatic carbocycles. The highest BCUT2D eigenvalue weighted by Crippen LogP contribution is 2.24. The van der Waals surface area contributed by atoms with Crippen LogP contribution in [0.4, 0.5) is 5.95 Å². The summed E-state index contributed by atoms with van der Waals surface area (Å²) in [7, 11) is 1.85. The Morgan fingerprint density at radius 2 is 1.93 bits per heavy atom. The Morgan fingerprint density at radius 1 is 1.14 bits per heavy atom. The number of aryl methyl sites for hydroxylation is 1. The van der Waals surface area contributed by atoms with Gasteiger partial charge in [0.2, 0.25) is 5.95 Å². The Morgan fingerprint density at radius 3 is 2.69 bits per heavy atom. The van der Waals surface area contributed by atoms with Crippen molar-refractivity contribution in [2.45, 2.75) is 19.3 Å². The molecule has 0 spiro atoms. The highest BCUT2D eigenvalue weighted by atomic mass is 16.1. The molecule has 0 aliphatic carbocycles. The minimum atomic E-state index is -0.0541. The molecule has 0 radical (unpaired) electrons. The lowest BCUT2D eigenvalue weighted by Gasteiger charge is -2.14. The van der Waals surface area contributed by atoms with Crippen LogP contribution in [0.2, 0.25) is 0 Å². The lowest BCUT2D eigenvalue weighted by atomic mass is 9.95. The standard InChI is InChI=1S/C22H24N6O/c1-15(20-25-22(28(2)27-20)26-21-23-12-7-13-24-21)17-10-6-11-18(14-17)19(29)16-8-4-3-5-9-16/h3-6,8-11,14-15H,7,12-13H2,1-2H3,(H2,23,24,25,26,27). The summed E-state index contributed by atoms with van der Waals surface area (Å²) < 4.78 is 1.71. The van der Waals surface area contributed by atoms with Crippen LogP contribution in [0.25, 0.3) is 0 Å². The Hall–Kier alpha value is -3.48. The van der Waals surface area contributed by atoms with Crippen LogP contribution in [0.5, 0.6) is 0 Å². The number of benzene rings is 2. The molecule has 0 bridgehead atoms. The molecule has 1 aliphatic rings. The van der Waals surface area contributed by atoms with E-state index in [0.29, 0.717) is 22.9 Å². The molecule has 1 aliphatic heterocycles. The normalized spacial score (nSPS) is 14.6. The second kappa shape index (κ2) is 8.26. The molecule has 1 atom stereocenters. The largest absolute Gasteiger partial charge is 0.356 e. The Labute approximate surface area is 169 Å². The molecule has 3 aromatic rings. The number of hydrogen-bond donors (Lipinski definition) is 2. The number of rotatable bonds is 5. The fraction of sp³-hybridized carbons (Fsp3) is 0.273. The predicted molar refractivity (Wildman–Crippen MR) is 113 cm³/mol. The summed E-state index contributed by atoms with van der Waals surface area (Å²) in [6, 6.07) is 17.0. The number of nitrogens with zero attached hydrogens (tertiary/aromatic N) is 4. The fourth-order valence-corrected chi connectivity index (χ4v) is 3.27. The number of nitrogens with one attached hydrogen (secondary N) is 2. The predicted octanol–water partition coefficient (Wildman–Crippen LogP) is 2.96. The van der Waals surface area contributed by atoms with E-state index in [1.807, 2.05) is 68.6 Å². The van der Waals surface area contributed by atoms with Gasteiger partial charge in [-0.2, -0.15) is 10.1 Å². The number of ketones is 1. The van der Waals surface area contributed by atoms with E-state index in [1.54, 1.807) is 4.68 Å². The maximum absolute atomic E-state index is 12.8. The molecular formula is C22H24N6O. The first-order valence-electron chi connectivity index (χ1n) is 9.78. The molecule has 0 saturated heterocycles. The number of hydrogen-bond acceptors (Lipinski definition) is 6. The van der Waals surface area contributed by atoms with Crippen molar-refractivity contribution in [1.82, 2.24) is 20.1 Å². The molecule has 1 aromatic heterocycles. The van der Waals surface area contributed by atoms with Gasteiger partial charge in [0.25, 0.3) is 0 Å². The van der Waals surface area contributed by atoms with Crippen LogP contribution in [0, 0.1) is 0 Å². The van der Waals surface area contributed by atoms with E-state index < -0.39 is 0 Å².